The van der Waals surface area contributed by atoms with Crippen molar-refractivity contribution in [3.8, 4) is 17.2 Å². The first-order valence-corrected chi connectivity index (χ1v) is 9.88. The molecule has 2 aromatic carbocycles. The highest BCUT2D eigenvalue weighted by Crippen LogP contribution is 2.32. The number of halogens is 1. The standard InChI is InChI=1S/C22H27N3O4.HI/c1-15-3-5-17(20(9-15)29-18-7-8-26-13-18)12-25-22(23-2)24-11-16-4-6-19-21(10-16)28-14-27-19;/h3-6,9-10,18H,7-8,11-14H2,1-2H3,(H2,23,24,25);1H. The van der Waals surface area contributed by atoms with Crippen molar-refractivity contribution in [2.45, 2.75) is 32.5 Å². The van der Waals surface area contributed by atoms with E-state index in [-0.39, 0.29) is 36.9 Å². The fourth-order valence-corrected chi connectivity index (χ4v) is 3.34. The molecule has 1 atom stereocenters. The third kappa shape index (κ3) is 5.69. The summed E-state index contributed by atoms with van der Waals surface area (Å²) in [5.41, 5.74) is 3.36. The summed E-state index contributed by atoms with van der Waals surface area (Å²) in [4.78, 5) is 4.32. The van der Waals surface area contributed by atoms with E-state index in [4.69, 9.17) is 18.9 Å². The molecule has 0 spiro atoms. The fourth-order valence-electron chi connectivity index (χ4n) is 3.34. The van der Waals surface area contributed by atoms with Gasteiger partial charge < -0.3 is 29.6 Å². The summed E-state index contributed by atoms with van der Waals surface area (Å²) in [5.74, 6) is 3.19. The van der Waals surface area contributed by atoms with E-state index in [9.17, 15) is 0 Å². The van der Waals surface area contributed by atoms with Crippen LogP contribution in [0.3, 0.4) is 0 Å². The Morgan fingerprint density at radius 3 is 2.73 bits per heavy atom. The number of hydrogen-bond acceptors (Lipinski definition) is 5. The van der Waals surface area contributed by atoms with Crippen LogP contribution < -0.4 is 24.8 Å². The number of rotatable bonds is 6. The molecule has 7 nitrogen and oxygen atoms in total. The van der Waals surface area contributed by atoms with E-state index in [2.05, 4.69) is 40.7 Å². The zero-order chi connectivity index (χ0) is 20.1. The van der Waals surface area contributed by atoms with Crippen LogP contribution in [0.1, 0.15) is 23.1 Å². The monoisotopic (exact) mass is 525 g/mol. The molecule has 0 bridgehead atoms. The molecule has 2 aliphatic rings. The van der Waals surface area contributed by atoms with Crippen molar-refractivity contribution in [2.75, 3.05) is 27.1 Å². The molecule has 2 heterocycles. The van der Waals surface area contributed by atoms with Crippen molar-refractivity contribution in [3.63, 3.8) is 0 Å². The average Bonchev–Trinajstić information content (AvgIpc) is 3.40. The van der Waals surface area contributed by atoms with Crippen LogP contribution in [0.4, 0.5) is 0 Å². The summed E-state index contributed by atoms with van der Waals surface area (Å²) in [7, 11) is 1.76. The lowest BCUT2D eigenvalue weighted by Crippen LogP contribution is -2.36. The van der Waals surface area contributed by atoms with E-state index in [0.717, 1.165) is 47.4 Å². The molecule has 1 saturated heterocycles. The van der Waals surface area contributed by atoms with Gasteiger partial charge in [0.1, 0.15) is 11.9 Å². The van der Waals surface area contributed by atoms with Crippen molar-refractivity contribution in [1.82, 2.24) is 10.6 Å². The fraction of sp³-hybridized carbons (Fsp3) is 0.409. The van der Waals surface area contributed by atoms with Gasteiger partial charge in [-0.2, -0.15) is 0 Å². The molecule has 0 saturated carbocycles. The maximum atomic E-state index is 6.17. The van der Waals surface area contributed by atoms with Crippen molar-refractivity contribution >= 4 is 29.9 Å². The predicted molar refractivity (Wildman–Crippen MR) is 126 cm³/mol. The highest BCUT2D eigenvalue weighted by atomic mass is 127. The molecular weight excluding hydrogens is 497 g/mol. The molecule has 2 N–H and O–H groups in total. The van der Waals surface area contributed by atoms with Gasteiger partial charge in [0.05, 0.1) is 13.2 Å². The SMILES string of the molecule is CN=C(NCc1ccc2c(c1)OCO2)NCc1ccc(C)cc1OC1CCOC1.I. The lowest BCUT2D eigenvalue weighted by atomic mass is 10.1. The molecule has 8 heteroatoms. The second-order valence-corrected chi connectivity index (χ2v) is 7.18. The first-order chi connectivity index (χ1) is 14.2. The molecule has 1 unspecified atom stereocenters. The van der Waals surface area contributed by atoms with Gasteiger partial charge >= 0.3 is 0 Å². The number of nitrogens with one attached hydrogen (secondary N) is 2. The smallest absolute Gasteiger partial charge is 0.231 e. The molecule has 162 valence electrons. The van der Waals surface area contributed by atoms with Gasteiger partial charge in [-0.1, -0.05) is 18.2 Å². The number of fused-ring (bicyclic) bond motifs is 1. The largest absolute Gasteiger partial charge is 0.488 e. The number of benzene rings is 2. The number of nitrogens with zero attached hydrogens (tertiary/aromatic N) is 1. The molecule has 0 aliphatic carbocycles. The summed E-state index contributed by atoms with van der Waals surface area (Å²) in [5, 5.41) is 6.70. The molecule has 4 rings (SSSR count). The van der Waals surface area contributed by atoms with E-state index >= 15 is 0 Å². The lowest BCUT2D eigenvalue weighted by molar-refractivity contribution is 0.140. The van der Waals surface area contributed by atoms with Gasteiger partial charge in [0.2, 0.25) is 6.79 Å². The van der Waals surface area contributed by atoms with Gasteiger partial charge in [0.15, 0.2) is 17.5 Å². The van der Waals surface area contributed by atoms with Gasteiger partial charge in [-0.05, 0) is 36.2 Å². The van der Waals surface area contributed by atoms with Crippen molar-refractivity contribution in [1.29, 1.82) is 0 Å². The Labute approximate surface area is 194 Å². The third-order valence-electron chi connectivity index (χ3n) is 4.97. The second-order valence-electron chi connectivity index (χ2n) is 7.18. The Bertz CT molecular complexity index is 885. The van der Waals surface area contributed by atoms with Crippen LogP contribution in [0.15, 0.2) is 41.4 Å². The van der Waals surface area contributed by atoms with Crippen molar-refractivity contribution in [3.05, 3.63) is 53.1 Å². The molecule has 2 aromatic rings. The number of ether oxygens (including phenoxy) is 4. The zero-order valence-corrected chi connectivity index (χ0v) is 19.6. The van der Waals surface area contributed by atoms with E-state index in [1.54, 1.807) is 7.05 Å². The van der Waals surface area contributed by atoms with Gasteiger partial charge in [-0.15, -0.1) is 24.0 Å². The van der Waals surface area contributed by atoms with E-state index in [0.29, 0.717) is 19.7 Å². The maximum absolute atomic E-state index is 6.17. The molecule has 0 aromatic heterocycles. The van der Waals surface area contributed by atoms with E-state index < -0.39 is 0 Å². The minimum absolute atomic E-state index is 0. The topological polar surface area (TPSA) is 73.3 Å². The summed E-state index contributed by atoms with van der Waals surface area (Å²) in [6, 6.07) is 12.2. The minimum Gasteiger partial charge on any atom is -0.488 e. The third-order valence-corrected chi connectivity index (χ3v) is 4.97. The molecule has 0 radical (unpaired) electrons. The summed E-state index contributed by atoms with van der Waals surface area (Å²) >= 11 is 0. The van der Waals surface area contributed by atoms with Crippen molar-refractivity contribution in [2.24, 2.45) is 4.99 Å². The van der Waals surface area contributed by atoms with Crippen LogP contribution in [0, 0.1) is 6.92 Å². The number of guanidine groups is 1. The van der Waals surface area contributed by atoms with Crippen LogP contribution >= 0.6 is 24.0 Å². The first kappa shape index (κ1) is 22.5. The summed E-state index contributed by atoms with van der Waals surface area (Å²) in [6.07, 6.45) is 1.05. The Kier molecular flexibility index (Phi) is 8.03. The normalized spacial score (nSPS) is 17.4. The van der Waals surface area contributed by atoms with Gasteiger partial charge in [-0.25, -0.2) is 0 Å². The minimum atomic E-state index is 0. The zero-order valence-electron chi connectivity index (χ0n) is 17.3. The Morgan fingerprint density at radius 2 is 1.93 bits per heavy atom. The van der Waals surface area contributed by atoms with Gasteiger partial charge in [-0.3, -0.25) is 4.99 Å². The number of hydrogen-bond donors (Lipinski definition) is 2. The number of aliphatic imine (C=N–C) groups is 1. The van der Waals surface area contributed by atoms with Crippen LogP contribution in [0.5, 0.6) is 17.2 Å². The molecule has 30 heavy (non-hydrogen) atoms. The maximum Gasteiger partial charge on any atom is 0.231 e. The summed E-state index contributed by atoms with van der Waals surface area (Å²) in [6.45, 7) is 5.02. The highest BCUT2D eigenvalue weighted by molar-refractivity contribution is 14.0. The Hall–Kier alpha value is -2.20. The molecular formula is C22H28IN3O4. The molecule has 0 amide bonds. The average molecular weight is 525 g/mol. The first-order valence-electron chi connectivity index (χ1n) is 9.88. The van der Waals surface area contributed by atoms with E-state index in [1.807, 2.05) is 18.2 Å². The lowest BCUT2D eigenvalue weighted by Gasteiger charge is -2.18. The molecule has 2 aliphatic heterocycles. The summed E-state index contributed by atoms with van der Waals surface area (Å²) < 4.78 is 22.4. The Balaban J connectivity index is 0.00000256. The predicted octanol–water partition coefficient (Wildman–Crippen LogP) is 3.37. The van der Waals surface area contributed by atoms with Crippen molar-refractivity contribution < 1.29 is 18.9 Å². The highest BCUT2D eigenvalue weighted by Gasteiger charge is 2.19. The van der Waals surface area contributed by atoms with Crippen LogP contribution in [-0.4, -0.2) is 39.1 Å². The van der Waals surface area contributed by atoms with Gasteiger partial charge in [0.25, 0.3) is 0 Å². The van der Waals surface area contributed by atoms with E-state index in [1.165, 1.54) is 5.56 Å². The number of aryl methyl sites for hydroxylation is 1. The van der Waals surface area contributed by atoms with Crippen LogP contribution in [0.2, 0.25) is 0 Å². The Morgan fingerprint density at radius 1 is 1.10 bits per heavy atom. The second kappa shape index (κ2) is 10.7. The quantitative estimate of drug-likeness (QED) is 0.343. The molecule has 1 fully saturated rings. The van der Waals surface area contributed by atoms with Crippen LogP contribution in [0.25, 0.3) is 0 Å². The van der Waals surface area contributed by atoms with Crippen LogP contribution in [-0.2, 0) is 17.8 Å². The van der Waals surface area contributed by atoms with Gasteiger partial charge in [0, 0.05) is 32.1 Å².